The van der Waals surface area contributed by atoms with E-state index in [1.807, 2.05) is 0 Å². The fraction of sp³-hybridized carbons (Fsp3) is 0.500. The van der Waals surface area contributed by atoms with Crippen molar-refractivity contribution in [1.29, 1.82) is 0 Å². The number of terminal acetylenes is 1. The Labute approximate surface area is 53.9 Å². The Hall–Kier alpha value is -1.01. The van der Waals surface area contributed by atoms with Crippen LogP contribution in [-0.4, -0.2) is 17.1 Å². The van der Waals surface area contributed by atoms with Crippen LogP contribution < -0.4 is 5.73 Å². The van der Waals surface area contributed by atoms with Gasteiger partial charge in [0.05, 0.1) is 0 Å². The molecule has 0 aliphatic carbocycles. The molecule has 50 valence electrons. The summed E-state index contributed by atoms with van der Waals surface area (Å²) in [6, 6.07) is -0.479. The van der Waals surface area contributed by atoms with E-state index in [0.29, 0.717) is 0 Å². The van der Waals surface area contributed by atoms with Gasteiger partial charge in [-0.15, -0.1) is 6.42 Å². The average Bonchev–Trinajstić information content (AvgIpc) is 1.64. The van der Waals surface area contributed by atoms with Crippen molar-refractivity contribution in [3.8, 4) is 12.3 Å². The van der Waals surface area contributed by atoms with Gasteiger partial charge in [-0.1, -0.05) is 5.92 Å². The maximum atomic E-state index is 10.1. The van der Waals surface area contributed by atoms with Crippen LogP contribution in [-0.2, 0) is 4.79 Å². The Morgan fingerprint density at radius 3 is 2.33 bits per heavy atom. The van der Waals surface area contributed by atoms with Gasteiger partial charge in [-0.05, 0) is 6.92 Å². The third-order valence-corrected chi connectivity index (χ3v) is 0.971. The Bertz CT molecular complexity index is 146. The molecule has 3 heteroatoms. The average molecular weight is 127 g/mol. The quantitative estimate of drug-likeness (QED) is 0.499. The molecule has 0 saturated heterocycles. The zero-order valence-electron chi connectivity index (χ0n) is 5.16. The topological polar surface area (TPSA) is 63.3 Å². The highest BCUT2D eigenvalue weighted by Gasteiger charge is 2.17. The van der Waals surface area contributed by atoms with Gasteiger partial charge in [0, 0.05) is 6.04 Å². The smallest absolute Gasteiger partial charge is 0.320 e. The minimum atomic E-state index is -1.03. The second-order valence-electron chi connectivity index (χ2n) is 1.84. The number of carboxylic acid groups (broad SMARTS) is 1. The molecule has 0 saturated carbocycles. The van der Waals surface area contributed by atoms with Gasteiger partial charge in [-0.2, -0.15) is 0 Å². The molecule has 3 N–H and O–H groups in total. The lowest BCUT2D eigenvalue weighted by Gasteiger charge is -2.07. The van der Waals surface area contributed by atoms with Crippen molar-refractivity contribution in [3.63, 3.8) is 0 Å². The maximum Gasteiger partial charge on any atom is 0.320 e. The number of hydrogen-bond acceptors (Lipinski definition) is 2. The molecule has 0 amide bonds. The van der Waals surface area contributed by atoms with E-state index in [1.165, 1.54) is 0 Å². The molecule has 9 heavy (non-hydrogen) atoms. The van der Waals surface area contributed by atoms with Crippen molar-refractivity contribution in [2.24, 2.45) is 11.7 Å². The van der Waals surface area contributed by atoms with Crippen molar-refractivity contribution in [2.75, 3.05) is 0 Å². The minimum Gasteiger partial charge on any atom is -0.480 e. The second-order valence-corrected chi connectivity index (χ2v) is 1.84. The predicted octanol–water partition coefficient (Wildman–Crippen LogP) is -0.332. The van der Waals surface area contributed by atoms with Crippen LogP contribution in [0.3, 0.4) is 0 Å². The van der Waals surface area contributed by atoms with E-state index in [0.717, 1.165) is 0 Å². The first-order valence-corrected chi connectivity index (χ1v) is 2.54. The van der Waals surface area contributed by atoms with Crippen LogP contribution >= 0.6 is 0 Å². The van der Waals surface area contributed by atoms with Crippen molar-refractivity contribution in [2.45, 2.75) is 13.0 Å². The normalized spacial score (nSPS) is 15.7. The van der Waals surface area contributed by atoms with E-state index < -0.39 is 17.9 Å². The predicted molar refractivity (Wildman–Crippen MR) is 33.6 cm³/mol. The first kappa shape index (κ1) is 7.99. The van der Waals surface area contributed by atoms with Crippen molar-refractivity contribution in [3.05, 3.63) is 0 Å². The van der Waals surface area contributed by atoms with Crippen molar-refractivity contribution in [1.82, 2.24) is 0 Å². The summed E-state index contributed by atoms with van der Waals surface area (Å²) in [6.07, 6.45) is 4.86. The van der Waals surface area contributed by atoms with Crippen LogP contribution in [0.5, 0.6) is 0 Å². The van der Waals surface area contributed by atoms with Crippen LogP contribution in [0, 0.1) is 18.3 Å². The molecule has 0 aliphatic heterocycles. The second kappa shape index (κ2) is 3.10. The molecule has 0 radical (unpaired) electrons. The SMILES string of the molecule is C#C[C@H](C(=O)O)[C@H](C)N. The van der Waals surface area contributed by atoms with E-state index >= 15 is 0 Å². The summed E-state index contributed by atoms with van der Waals surface area (Å²) in [5, 5.41) is 8.32. The molecule has 0 unspecified atom stereocenters. The van der Waals surface area contributed by atoms with Gasteiger partial charge >= 0.3 is 5.97 Å². The molecule has 3 nitrogen and oxygen atoms in total. The third kappa shape index (κ3) is 2.15. The highest BCUT2D eigenvalue weighted by molar-refractivity contribution is 5.74. The molecule has 0 fully saturated rings. The van der Waals surface area contributed by atoms with E-state index in [9.17, 15) is 4.79 Å². The largest absolute Gasteiger partial charge is 0.480 e. The Morgan fingerprint density at radius 1 is 1.89 bits per heavy atom. The Balaban J connectivity index is 4.04. The lowest BCUT2D eigenvalue weighted by molar-refractivity contribution is -0.140. The Morgan fingerprint density at radius 2 is 2.33 bits per heavy atom. The molecule has 0 aromatic rings. The summed E-state index contributed by atoms with van der Waals surface area (Å²) in [5.41, 5.74) is 5.22. The van der Waals surface area contributed by atoms with Gasteiger partial charge in [-0.25, -0.2) is 0 Å². The lowest BCUT2D eigenvalue weighted by atomic mass is 10.0. The number of carbonyl (C=O) groups is 1. The number of aliphatic carboxylic acids is 1. The summed E-state index contributed by atoms with van der Waals surface area (Å²) in [5.74, 6) is 0.185. The zero-order valence-corrected chi connectivity index (χ0v) is 5.16. The molecule has 0 rings (SSSR count). The highest BCUT2D eigenvalue weighted by Crippen LogP contribution is 1.97. The molecule has 2 atom stereocenters. The molecular weight excluding hydrogens is 118 g/mol. The summed E-state index contributed by atoms with van der Waals surface area (Å²) in [4.78, 5) is 10.1. The van der Waals surface area contributed by atoms with Crippen molar-refractivity contribution >= 4 is 5.97 Å². The van der Waals surface area contributed by atoms with E-state index in [1.54, 1.807) is 6.92 Å². The van der Waals surface area contributed by atoms with Gasteiger partial charge in [0.1, 0.15) is 5.92 Å². The maximum absolute atomic E-state index is 10.1. The molecule has 0 aromatic heterocycles. The first-order valence-electron chi connectivity index (χ1n) is 2.54. The molecule has 0 aliphatic rings. The van der Waals surface area contributed by atoms with Crippen LogP contribution in [0.25, 0.3) is 0 Å². The van der Waals surface area contributed by atoms with E-state index in [-0.39, 0.29) is 0 Å². The van der Waals surface area contributed by atoms with E-state index in [2.05, 4.69) is 5.92 Å². The molecular formula is C6H9NO2. The van der Waals surface area contributed by atoms with Crippen LogP contribution in [0.1, 0.15) is 6.92 Å². The first-order chi connectivity index (χ1) is 4.09. The van der Waals surface area contributed by atoms with Gasteiger partial charge in [0.15, 0.2) is 0 Å². The number of carboxylic acids is 1. The summed E-state index contributed by atoms with van der Waals surface area (Å²) in [6.45, 7) is 1.57. The molecule has 0 heterocycles. The lowest BCUT2D eigenvalue weighted by Crippen LogP contribution is -2.31. The standard InChI is InChI=1S/C6H9NO2/c1-3-5(4(2)7)6(8)9/h1,4-5H,7H2,2H3,(H,8,9)/t4-,5-/m0/s1. The summed E-state index contributed by atoms with van der Waals surface area (Å²) >= 11 is 0. The molecule has 0 spiro atoms. The third-order valence-electron chi connectivity index (χ3n) is 0.971. The minimum absolute atomic E-state index is 0.479. The van der Waals surface area contributed by atoms with Crippen LogP contribution in [0.2, 0.25) is 0 Å². The fourth-order valence-electron chi connectivity index (χ4n) is 0.448. The fourth-order valence-corrected chi connectivity index (χ4v) is 0.448. The summed E-state index contributed by atoms with van der Waals surface area (Å²) in [7, 11) is 0. The molecule has 0 bridgehead atoms. The van der Waals surface area contributed by atoms with E-state index in [4.69, 9.17) is 17.3 Å². The zero-order chi connectivity index (χ0) is 7.44. The monoisotopic (exact) mass is 127 g/mol. The summed E-state index contributed by atoms with van der Waals surface area (Å²) < 4.78 is 0. The number of nitrogens with two attached hydrogens (primary N) is 1. The molecule has 0 aromatic carbocycles. The Kier molecular flexibility index (Phi) is 2.75. The number of hydrogen-bond donors (Lipinski definition) is 2. The van der Waals surface area contributed by atoms with Gasteiger partial charge in [0.25, 0.3) is 0 Å². The van der Waals surface area contributed by atoms with Gasteiger partial charge < -0.3 is 10.8 Å². The van der Waals surface area contributed by atoms with Gasteiger partial charge in [-0.3, -0.25) is 4.79 Å². The van der Waals surface area contributed by atoms with Crippen molar-refractivity contribution < 1.29 is 9.90 Å². The highest BCUT2D eigenvalue weighted by atomic mass is 16.4. The van der Waals surface area contributed by atoms with Crippen LogP contribution in [0.4, 0.5) is 0 Å². The van der Waals surface area contributed by atoms with Gasteiger partial charge in [0.2, 0.25) is 0 Å². The van der Waals surface area contributed by atoms with Crippen LogP contribution in [0.15, 0.2) is 0 Å². The number of rotatable bonds is 2.